The Morgan fingerprint density at radius 1 is 0.500 bits per heavy atom. The van der Waals surface area contributed by atoms with Gasteiger partial charge in [0.1, 0.15) is 0 Å². The van der Waals surface area contributed by atoms with Crippen LogP contribution in [0.25, 0.3) is 42.6 Å². The SMILES string of the molecule is c1ccc(C2(c3ccc4sc5cccc(-c6ccccn6)c5c4c3)c3ccccc3-c3ccccc32)cc1. The number of nitrogens with zero attached hydrogens (tertiary/aromatic N) is 1. The highest BCUT2D eigenvalue weighted by Gasteiger charge is 2.45. The van der Waals surface area contributed by atoms with E-state index in [1.807, 2.05) is 23.6 Å². The molecule has 0 bridgehead atoms. The Balaban J connectivity index is 1.50. The highest BCUT2D eigenvalue weighted by Crippen LogP contribution is 2.56. The van der Waals surface area contributed by atoms with Crippen LogP contribution in [0.1, 0.15) is 22.3 Å². The van der Waals surface area contributed by atoms with Gasteiger partial charge >= 0.3 is 0 Å². The molecule has 5 aromatic carbocycles. The molecule has 1 nitrogen and oxygen atoms in total. The second-order valence-electron chi connectivity index (χ2n) is 9.91. The summed E-state index contributed by atoms with van der Waals surface area (Å²) in [5.41, 5.74) is 9.72. The highest BCUT2D eigenvalue weighted by molar-refractivity contribution is 7.25. The van der Waals surface area contributed by atoms with Crippen LogP contribution in [0.5, 0.6) is 0 Å². The number of aromatic nitrogens is 1. The van der Waals surface area contributed by atoms with E-state index in [2.05, 4.69) is 127 Å². The fourth-order valence-electron chi connectivity index (χ4n) is 6.51. The molecule has 178 valence electrons. The predicted molar refractivity (Wildman–Crippen MR) is 160 cm³/mol. The van der Waals surface area contributed by atoms with E-state index < -0.39 is 5.41 Å². The summed E-state index contributed by atoms with van der Waals surface area (Å²) >= 11 is 1.86. The van der Waals surface area contributed by atoms with Crippen LogP contribution in [0.2, 0.25) is 0 Å². The van der Waals surface area contributed by atoms with E-state index in [1.54, 1.807) is 0 Å². The van der Waals surface area contributed by atoms with E-state index in [1.165, 1.54) is 59.1 Å². The molecule has 0 amide bonds. The van der Waals surface area contributed by atoms with Gasteiger partial charge in [-0.1, -0.05) is 103 Å². The maximum absolute atomic E-state index is 4.71. The van der Waals surface area contributed by atoms with Crippen molar-refractivity contribution in [2.75, 3.05) is 0 Å². The third kappa shape index (κ3) is 2.89. The van der Waals surface area contributed by atoms with Crippen LogP contribution in [-0.4, -0.2) is 4.98 Å². The Bertz CT molecular complexity index is 1920. The van der Waals surface area contributed by atoms with Crippen LogP contribution in [0, 0.1) is 0 Å². The third-order valence-corrected chi connectivity index (χ3v) is 9.16. The number of thiophene rings is 1. The van der Waals surface area contributed by atoms with E-state index in [4.69, 9.17) is 4.98 Å². The van der Waals surface area contributed by atoms with Crippen LogP contribution in [0.3, 0.4) is 0 Å². The van der Waals surface area contributed by atoms with Crippen LogP contribution >= 0.6 is 11.3 Å². The van der Waals surface area contributed by atoms with E-state index >= 15 is 0 Å². The molecule has 8 rings (SSSR count). The number of benzene rings is 5. The lowest BCUT2D eigenvalue weighted by atomic mass is 9.67. The number of hydrogen-bond donors (Lipinski definition) is 0. The summed E-state index contributed by atoms with van der Waals surface area (Å²) in [7, 11) is 0. The molecule has 0 saturated carbocycles. The van der Waals surface area contributed by atoms with Crippen molar-refractivity contribution in [2.24, 2.45) is 0 Å². The summed E-state index contributed by atoms with van der Waals surface area (Å²) in [6.07, 6.45) is 1.88. The molecule has 0 spiro atoms. The molecule has 2 heteroatoms. The van der Waals surface area contributed by atoms with Crippen molar-refractivity contribution in [1.29, 1.82) is 0 Å². The van der Waals surface area contributed by atoms with E-state index in [0.29, 0.717) is 0 Å². The van der Waals surface area contributed by atoms with Crippen molar-refractivity contribution in [3.05, 3.63) is 162 Å². The fraction of sp³-hybridized carbons (Fsp3) is 0.0278. The maximum Gasteiger partial charge on any atom is 0.0713 e. The maximum atomic E-state index is 4.71. The molecule has 0 aliphatic heterocycles. The quantitative estimate of drug-likeness (QED) is 0.235. The average Bonchev–Trinajstić information content (AvgIpc) is 3.52. The summed E-state index contributed by atoms with van der Waals surface area (Å²) in [6, 6.07) is 48.7. The minimum atomic E-state index is -0.392. The lowest BCUT2D eigenvalue weighted by molar-refractivity contribution is 0.770. The smallest absolute Gasteiger partial charge is 0.0713 e. The molecule has 0 fully saturated rings. The fourth-order valence-corrected chi connectivity index (χ4v) is 7.62. The topological polar surface area (TPSA) is 12.9 Å². The van der Waals surface area contributed by atoms with Crippen molar-refractivity contribution in [3.63, 3.8) is 0 Å². The molecule has 0 saturated heterocycles. The van der Waals surface area contributed by atoms with Crippen LogP contribution in [-0.2, 0) is 5.41 Å². The number of hydrogen-bond acceptors (Lipinski definition) is 2. The molecular weight excluding hydrogens is 478 g/mol. The monoisotopic (exact) mass is 501 g/mol. The number of fused-ring (bicyclic) bond motifs is 6. The van der Waals surface area contributed by atoms with Gasteiger partial charge in [0.2, 0.25) is 0 Å². The zero-order valence-corrected chi connectivity index (χ0v) is 21.5. The van der Waals surface area contributed by atoms with Crippen molar-refractivity contribution < 1.29 is 0 Å². The van der Waals surface area contributed by atoms with Gasteiger partial charge in [0.05, 0.1) is 11.1 Å². The van der Waals surface area contributed by atoms with Crippen LogP contribution in [0.4, 0.5) is 0 Å². The highest BCUT2D eigenvalue weighted by atomic mass is 32.1. The molecule has 1 aliphatic rings. The minimum absolute atomic E-state index is 0.392. The van der Waals surface area contributed by atoms with E-state index in [0.717, 1.165) is 5.69 Å². The van der Waals surface area contributed by atoms with Crippen LogP contribution < -0.4 is 0 Å². The first-order valence-corrected chi connectivity index (χ1v) is 13.8. The zero-order valence-electron chi connectivity index (χ0n) is 20.6. The predicted octanol–water partition coefficient (Wildman–Crippen LogP) is 9.48. The molecule has 2 heterocycles. The van der Waals surface area contributed by atoms with Gasteiger partial charge in [0.25, 0.3) is 0 Å². The lowest BCUT2D eigenvalue weighted by Crippen LogP contribution is -2.28. The Labute approximate surface area is 225 Å². The first-order chi connectivity index (χ1) is 18.9. The molecule has 2 aromatic heterocycles. The molecule has 0 radical (unpaired) electrons. The normalized spacial score (nSPS) is 13.5. The van der Waals surface area contributed by atoms with Gasteiger partial charge in [-0.3, -0.25) is 4.98 Å². The van der Waals surface area contributed by atoms with Crippen molar-refractivity contribution in [2.45, 2.75) is 5.41 Å². The third-order valence-electron chi connectivity index (χ3n) is 8.03. The Morgan fingerprint density at radius 3 is 1.92 bits per heavy atom. The van der Waals surface area contributed by atoms with E-state index in [-0.39, 0.29) is 0 Å². The molecular formula is C36H23NS. The van der Waals surface area contributed by atoms with Gasteiger partial charge in [0.15, 0.2) is 0 Å². The standard InChI is InChI=1S/C36H23NS/c1-2-11-24(12-3-1)36(30-16-6-4-13-26(30)27-14-5-7-17-31(27)36)25-20-21-33-29(23-25)35-28(15-10-19-34(35)38-33)32-18-8-9-22-37-32/h1-23H. The Kier molecular flexibility index (Phi) is 4.67. The second-order valence-corrected chi connectivity index (χ2v) is 11.0. The Hall–Kier alpha value is -4.53. The number of pyridine rings is 1. The second kappa shape index (κ2) is 8.24. The molecule has 0 unspecified atom stereocenters. The minimum Gasteiger partial charge on any atom is -0.256 e. The zero-order chi connectivity index (χ0) is 25.1. The first-order valence-electron chi connectivity index (χ1n) is 13.0. The molecule has 0 N–H and O–H groups in total. The Morgan fingerprint density at radius 2 is 1.18 bits per heavy atom. The van der Waals surface area contributed by atoms with E-state index in [9.17, 15) is 0 Å². The van der Waals surface area contributed by atoms with Crippen molar-refractivity contribution in [1.82, 2.24) is 4.98 Å². The van der Waals surface area contributed by atoms with Crippen molar-refractivity contribution >= 4 is 31.5 Å². The van der Waals surface area contributed by atoms with Gasteiger partial charge in [-0.15, -0.1) is 11.3 Å². The molecule has 38 heavy (non-hydrogen) atoms. The average molecular weight is 502 g/mol. The molecule has 1 aliphatic carbocycles. The van der Waals surface area contributed by atoms with Gasteiger partial charge in [-0.25, -0.2) is 0 Å². The van der Waals surface area contributed by atoms with Gasteiger partial charge < -0.3 is 0 Å². The first kappa shape index (κ1) is 21.5. The summed E-state index contributed by atoms with van der Waals surface area (Å²) in [5.74, 6) is 0. The van der Waals surface area contributed by atoms with Crippen LogP contribution in [0.15, 0.2) is 140 Å². The summed E-state index contributed by atoms with van der Waals surface area (Å²) in [6.45, 7) is 0. The molecule has 7 aromatic rings. The van der Waals surface area contributed by atoms with Gasteiger partial charge in [-0.05, 0) is 63.7 Å². The summed E-state index contributed by atoms with van der Waals surface area (Å²) in [4.78, 5) is 4.71. The summed E-state index contributed by atoms with van der Waals surface area (Å²) in [5, 5.41) is 2.58. The number of rotatable bonds is 3. The van der Waals surface area contributed by atoms with Gasteiger partial charge in [0, 0.05) is 31.9 Å². The largest absolute Gasteiger partial charge is 0.256 e. The van der Waals surface area contributed by atoms with Crippen molar-refractivity contribution in [3.8, 4) is 22.4 Å². The lowest BCUT2D eigenvalue weighted by Gasteiger charge is -2.34. The molecule has 0 atom stereocenters. The summed E-state index contributed by atoms with van der Waals surface area (Å²) < 4.78 is 2.59. The van der Waals surface area contributed by atoms with Gasteiger partial charge in [-0.2, -0.15) is 0 Å².